The second-order valence-corrected chi connectivity index (χ2v) is 3.81. The third kappa shape index (κ3) is 2.82. The minimum atomic E-state index is 0.0558. The lowest BCUT2D eigenvalue weighted by Crippen LogP contribution is -2.09. The van der Waals surface area contributed by atoms with Crippen molar-refractivity contribution in [1.29, 1.82) is 0 Å². The molecule has 0 spiro atoms. The van der Waals surface area contributed by atoms with Crippen LogP contribution in [0.25, 0.3) is 11.5 Å². The quantitative estimate of drug-likeness (QED) is 0.876. The zero-order chi connectivity index (χ0) is 12.3. The van der Waals surface area contributed by atoms with Gasteiger partial charge in [0.2, 0.25) is 0 Å². The van der Waals surface area contributed by atoms with Crippen molar-refractivity contribution in [3.05, 3.63) is 30.1 Å². The topological polar surface area (TPSA) is 68.4 Å². The number of phenolic OH excluding ortho intramolecular Hbond substituents is 1. The first-order valence-electron chi connectivity index (χ1n) is 5.34. The highest BCUT2D eigenvalue weighted by molar-refractivity contribution is 5.53. The summed E-state index contributed by atoms with van der Waals surface area (Å²) in [6, 6.07) is 6.62. The van der Waals surface area contributed by atoms with Gasteiger partial charge in [-0.15, -0.1) is 0 Å². The van der Waals surface area contributed by atoms with Gasteiger partial charge in [0.05, 0.1) is 6.10 Å². The Morgan fingerprint density at radius 3 is 2.71 bits per heavy atom. The number of ether oxygens (including phenoxy) is 1. The van der Waals surface area contributed by atoms with Gasteiger partial charge in [-0.1, -0.05) is 5.16 Å². The van der Waals surface area contributed by atoms with Crippen molar-refractivity contribution in [2.45, 2.75) is 19.4 Å². The summed E-state index contributed by atoms with van der Waals surface area (Å²) < 4.78 is 10.3. The van der Waals surface area contributed by atoms with Crippen LogP contribution in [0.4, 0.5) is 0 Å². The van der Waals surface area contributed by atoms with E-state index >= 15 is 0 Å². The minimum absolute atomic E-state index is 0.0558. The molecule has 1 aromatic heterocycles. The van der Waals surface area contributed by atoms with Gasteiger partial charge < -0.3 is 14.4 Å². The van der Waals surface area contributed by atoms with E-state index in [0.29, 0.717) is 18.1 Å². The molecule has 0 bridgehead atoms. The van der Waals surface area contributed by atoms with E-state index in [1.807, 2.05) is 6.92 Å². The Morgan fingerprint density at radius 1 is 1.35 bits per heavy atom. The smallest absolute Gasteiger partial charge is 0.257 e. The van der Waals surface area contributed by atoms with Gasteiger partial charge in [0.1, 0.15) is 5.75 Å². The van der Waals surface area contributed by atoms with Crippen LogP contribution in [-0.4, -0.2) is 28.5 Å². The van der Waals surface area contributed by atoms with Crippen LogP contribution >= 0.6 is 0 Å². The SMILES string of the molecule is COC(C)Cc1noc(-c2ccc(O)cc2)n1. The molecule has 5 heteroatoms. The van der Waals surface area contributed by atoms with Crippen molar-refractivity contribution in [1.82, 2.24) is 10.1 Å². The van der Waals surface area contributed by atoms with Gasteiger partial charge in [-0.3, -0.25) is 0 Å². The van der Waals surface area contributed by atoms with Crippen LogP contribution in [0.1, 0.15) is 12.7 Å². The lowest BCUT2D eigenvalue weighted by molar-refractivity contribution is 0.116. The van der Waals surface area contributed by atoms with Crippen molar-refractivity contribution in [3.63, 3.8) is 0 Å². The van der Waals surface area contributed by atoms with Gasteiger partial charge in [-0.25, -0.2) is 0 Å². The summed E-state index contributed by atoms with van der Waals surface area (Å²) in [5, 5.41) is 13.1. The maximum atomic E-state index is 9.18. The number of benzene rings is 1. The Morgan fingerprint density at radius 2 is 2.06 bits per heavy atom. The predicted molar refractivity (Wildman–Crippen MR) is 61.6 cm³/mol. The van der Waals surface area contributed by atoms with E-state index in [9.17, 15) is 5.11 Å². The molecule has 0 aliphatic rings. The lowest BCUT2D eigenvalue weighted by atomic mass is 10.2. The molecule has 2 aromatic rings. The van der Waals surface area contributed by atoms with Crippen LogP contribution in [0.2, 0.25) is 0 Å². The Balaban J connectivity index is 2.15. The Kier molecular flexibility index (Phi) is 3.39. The van der Waals surface area contributed by atoms with Crippen LogP contribution in [0.5, 0.6) is 5.75 Å². The molecule has 17 heavy (non-hydrogen) atoms. The average Bonchev–Trinajstić information content (AvgIpc) is 2.78. The van der Waals surface area contributed by atoms with E-state index in [-0.39, 0.29) is 11.9 Å². The number of phenols is 1. The molecule has 1 heterocycles. The summed E-state index contributed by atoms with van der Waals surface area (Å²) in [5.41, 5.74) is 0.784. The van der Waals surface area contributed by atoms with Gasteiger partial charge in [0.15, 0.2) is 5.82 Å². The molecule has 0 radical (unpaired) electrons. The van der Waals surface area contributed by atoms with E-state index in [2.05, 4.69) is 10.1 Å². The first kappa shape index (κ1) is 11.6. The molecule has 90 valence electrons. The maximum Gasteiger partial charge on any atom is 0.257 e. The largest absolute Gasteiger partial charge is 0.508 e. The lowest BCUT2D eigenvalue weighted by Gasteiger charge is -2.03. The molecule has 0 saturated heterocycles. The fourth-order valence-electron chi connectivity index (χ4n) is 1.40. The number of nitrogens with zero attached hydrogens (tertiary/aromatic N) is 2. The number of aromatic hydroxyl groups is 1. The van der Waals surface area contributed by atoms with Crippen molar-refractivity contribution < 1.29 is 14.4 Å². The van der Waals surface area contributed by atoms with E-state index < -0.39 is 0 Å². The molecule has 1 unspecified atom stereocenters. The first-order chi connectivity index (χ1) is 8.19. The van der Waals surface area contributed by atoms with Crippen molar-refractivity contribution in [2.24, 2.45) is 0 Å². The van der Waals surface area contributed by atoms with Crippen molar-refractivity contribution >= 4 is 0 Å². The highest BCUT2D eigenvalue weighted by Gasteiger charge is 2.11. The number of hydrogen-bond acceptors (Lipinski definition) is 5. The number of hydrogen-bond donors (Lipinski definition) is 1. The monoisotopic (exact) mass is 234 g/mol. The summed E-state index contributed by atoms with van der Waals surface area (Å²) >= 11 is 0. The molecule has 0 saturated carbocycles. The Labute approximate surface area is 99.0 Å². The fourth-order valence-corrected chi connectivity index (χ4v) is 1.40. The molecule has 1 atom stereocenters. The fraction of sp³-hybridized carbons (Fsp3) is 0.333. The number of methoxy groups -OCH3 is 1. The molecule has 0 fully saturated rings. The van der Waals surface area contributed by atoms with E-state index in [1.165, 1.54) is 0 Å². The van der Waals surface area contributed by atoms with Gasteiger partial charge in [-0.05, 0) is 31.2 Å². The molecule has 1 aromatic carbocycles. The molecular formula is C12H14N2O3. The maximum absolute atomic E-state index is 9.18. The van der Waals surface area contributed by atoms with Gasteiger partial charge >= 0.3 is 0 Å². The molecule has 2 rings (SSSR count). The molecule has 0 aliphatic carbocycles. The summed E-state index contributed by atoms with van der Waals surface area (Å²) in [6.07, 6.45) is 0.665. The van der Waals surface area contributed by atoms with E-state index in [0.717, 1.165) is 5.56 Å². The second-order valence-electron chi connectivity index (χ2n) is 3.81. The summed E-state index contributed by atoms with van der Waals surface area (Å²) in [5.74, 6) is 1.27. The molecule has 1 N–H and O–H groups in total. The van der Waals surface area contributed by atoms with Crippen molar-refractivity contribution in [3.8, 4) is 17.2 Å². The zero-order valence-corrected chi connectivity index (χ0v) is 9.75. The molecule has 0 aliphatic heterocycles. The van der Waals surface area contributed by atoms with Crippen LogP contribution in [0, 0.1) is 0 Å². The summed E-state index contributed by atoms with van der Waals surface area (Å²) in [6.45, 7) is 1.94. The van der Waals surface area contributed by atoms with Crippen LogP contribution in [0.3, 0.4) is 0 Å². The van der Waals surface area contributed by atoms with Gasteiger partial charge in [-0.2, -0.15) is 4.98 Å². The van der Waals surface area contributed by atoms with Crippen LogP contribution < -0.4 is 0 Å². The minimum Gasteiger partial charge on any atom is -0.508 e. The summed E-state index contributed by atoms with van der Waals surface area (Å²) in [4.78, 5) is 4.26. The predicted octanol–water partition coefficient (Wildman–Crippen LogP) is 2.02. The summed E-state index contributed by atoms with van der Waals surface area (Å²) in [7, 11) is 1.64. The van der Waals surface area contributed by atoms with Crippen LogP contribution in [-0.2, 0) is 11.2 Å². The van der Waals surface area contributed by atoms with E-state index in [1.54, 1.807) is 31.4 Å². The van der Waals surface area contributed by atoms with Gasteiger partial charge in [0, 0.05) is 19.1 Å². The Hall–Kier alpha value is -1.88. The normalized spacial score (nSPS) is 12.6. The molecule has 0 amide bonds. The number of rotatable bonds is 4. The number of aromatic nitrogens is 2. The standard InChI is InChI=1S/C12H14N2O3/c1-8(16-2)7-11-13-12(17-14-11)9-3-5-10(15)6-4-9/h3-6,8,15H,7H2,1-2H3. The van der Waals surface area contributed by atoms with Gasteiger partial charge in [0.25, 0.3) is 5.89 Å². The van der Waals surface area contributed by atoms with E-state index in [4.69, 9.17) is 9.26 Å². The Bertz CT molecular complexity index is 479. The highest BCUT2D eigenvalue weighted by Crippen LogP contribution is 2.20. The van der Waals surface area contributed by atoms with Crippen LogP contribution in [0.15, 0.2) is 28.8 Å². The average molecular weight is 234 g/mol. The zero-order valence-electron chi connectivity index (χ0n) is 9.75. The first-order valence-corrected chi connectivity index (χ1v) is 5.34. The third-order valence-electron chi connectivity index (χ3n) is 2.45. The molecule has 5 nitrogen and oxygen atoms in total. The molecular weight excluding hydrogens is 220 g/mol. The second kappa shape index (κ2) is 4.97. The highest BCUT2D eigenvalue weighted by atomic mass is 16.5. The third-order valence-corrected chi connectivity index (χ3v) is 2.45. The van der Waals surface area contributed by atoms with Crippen molar-refractivity contribution in [2.75, 3.05) is 7.11 Å².